The van der Waals surface area contributed by atoms with Gasteiger partial charge in [-0.3, -0.25) is 10.1 Å². The smallest absolute Gasteiger partial charge is 0.158 e. The first kappa shape index (κ1) is 16.5. The molecule has 0 bridgehead atoms. The summed E-state index contributed by atoms with van der Waals surface area (Å²) in [5, 5.41) is 12.0. The Hall–Kier alpha value is -2.99. The molecule has 0 atom stereocenters. The molecule has 3 heterocycles. The Kier molecular flexibility index (Phi) is 4.26. The van der Waals surface area contributed by atoms with Gasteiger partial charge in [-0.05, 0) is 35.7 Å². The van der Waals surface area contributed by atoms with Crippen LogP contribution in [0.3, 0.4) is 0 Å². The lowest BCUT2D eigenvalue weighted by molar-refractivity contribution is 0.586. The highest BCUT2D eigenvalue weighted by molar-refractivity contribution is 5.94. The maximum absolute atomic E-state index is 4.46. The third-order valence-corrected chi connectivity index (χ3v) is 4.62. The van der Waals surface area contributed by atoms with Crippen molar-refractivity contribution >= 4 is 10.9 Å². The lowest BCUT2D eigenvalue weighted by Crippen LogP contribution is -2.22. The molecule has 0 saturated heterocycles. The molecule has 26 heavy (non-hydrogen) atoms. The number of aromatic amines is 2. The normalized spacial score (nSPS) is 11.5. The van der Waals surface area contributed by atoms with E-state index in [1.165, 1.54) is 11.1 Å². The first-order chi connectivity index (χ1) is 12.6. The van der Waals surface area contributed by atoms with E-state index < -0.39 is 0 Å². The van der Waals surface area contributed by atoms with Crippen molar-refractivity contribution < 1.29 is 0 Å². The molecule has 4 rings (SSSR count). The van der Waals surface area contributed by atoms with Crippen molar-refractivity contribution in [3.63, 3.8) is 0 Å². The molecule has 6 nitrogen and oxygen atoms in total. The van der Waals surface area contributed by atoms with Crippen LogP contribution in [0.2, 0.25) is 0 Å². The van der Waals surface area contributed by atoms with Gasteiger partial charge in [0.25, 0.3) is 0 Å². The number of aromatic nitrogens is 5. The number of nitrogens with zero attached hydrogens (tertiary/aromatic N) is 3. The molecule has 0 aliphatic heterocycles. The zero-order chi connectivity index (χ0) is 18.1. The SMILES string of the molecule is Cc1c(CNC(C)C)cncc1-c1ccc2[nH]nc(-c3ncc[nH]3)c2c1. The van der Waals surface area contributed by atoms with Crippen LogP contribution in [0.15, 0.2) is 43.0 Å². The van der Waals surface area contributed by atoms with E-state index in [-0.39, 0.29) is 0 Å². The Labute approximate surface area is 152 Å². The van der Waals surface area contributed by atoms with Gasteiger partial charge in [0.15, 0.2) is 5.82 Å². The summed E-state index contributed by atoms with van der Waals surface area (Å²) >= 11 is 0. The highest BCUT2D eigenvalue weighted by Gasteiger charge is 2.13. The van der Waals surface area contributed by atoms with Crippen LogP contribution in [-0.2, 0) is 6.54 Å². The molecule has 4 aromatic rings. The Balaban J connectivity index is 1.77. The Morgan fingerprint density at radius 1 is 1.19 bits per heavy atom. The molecule has 0 spiro atoms. The van der Waals surface area contributed by atoms with E-state index in [0.717, 1.165) is 40.1 Å². The van der Waals surface area contributed by atoms with Crippen LogP contribution in [0, 0.1) is 6.92 Å². The molecule has 3 N–H and O–H groups in total. The number of fused-ring (bicyclic) bond motifs is 1. The second-order valence-corrected chi connectivity index (χ2v) is 6.78. The molecule has 3 aromatic heterocycles. The van der Waals surface area contributed by atoms with Gasteiger partial charge in [0, 0.05) is 48.3 Å². The highest BCUT2D eigenvalue weighted by Crippen LogP contribution is 2.31. The number of pyridine rings is 1. The average molecular weight is 346 g/mol. The maximum Gasteiger partial charge on any atom is 0.158 e. The van der Waals surface area contributed by atoms with Crippen molar-refractivity contribution in [2.75, 3.05) is 0 Å². The Bertz CT molecular complexity index is 1030. The molecule has 6 heteroatoms. The number of H-pyrrole nitrogens is 2. The third kappa shape index (κ3) is 2.99. The highest BCUT2D eigenvalue weighted by atomic mass is 15.1. The molecule has 132 valence electrons. The maximum atomic E-state index is 4.46. The summed E-state index contributed by atoms with van der Waals surface area (Å²) < 4.78 is 0. The molecule has 0 fully saturated rings. The fourth-order valence-electron chi connectivity index (χ4n) is 3.11. The van der Waals surface area contributed by atoms with Crippen LogP contribution >= 0.6 is 0 Å². The fourth-order valence-corrected chi connectivity index (χ4v) is 3.11. The van der Waals surface area contributed by atoms with Gasteiger partial charge in [0.2, 0.25) is 0 Å². The first-order valence-electron chi connectivity index (χ1n) is 8.78. The lowest BCUT2D eigenvalue weighted by Gasteiger charge is -2.13. The molecule has 0 unspecified atom stereocenters. The molecule has 1 aromatic carbocycles. The topological polar surface area (TPSA) is 82.3 Å². The lowest BCUT2D eigenvalue weighted by atomic mass is 9.97. The van der Waals surface area contributed by atoms with Crippen LogP contribution in [-0.4, -0.2) is 31.2 Å². The van der Waals surface area contributed by atoms with Crippen LogP contribution in [0.5, 0.6) is 0 Å². The van der Waals surface area contributed by atoms with Crippen LogP contribution in [0.1, 0.15) is 25.0 Å². The van der Waals surface area contributed by atoms with Gasteiger partial charge >= 0.3 is 0 Å². The van der Waals surface area contributed by atoms with Gasteiger partial charge in [-0.25, -0.2) is 4.98 Å². The van der Waals surface area contributed by atoms with Gasteiger partial charge in [-0.2, -0.15) is 5.10 Å². The van der Waals surface area contributed by atoms with E-state index in [1.54, 1.807) is 12.4 Å². The van der Waals surface area contributed by atoms with E-state index in [0.29, 0.717) is 6.04 Å². The van der Waals surface area contributed by atoms with E-state index in [4.69, 9.17) is 0 Å². The molecule has 0 amide bonds. The quantitative estimate of drug-likeness (QED) is 0.513. The van der Waals surface area contributed by atoms with Gasteiger partial charge in [0.1, 0.15) is 5.69 Å². The minimum atomic E-state index is 0.441. The largest absolute Gasteiger partial charge is 0.343 e. The zero-order valence-electron chi connectivity index (χ0n) is 15.2. The van der Waals surface area contributed by atoms with Crippen molar-refractivity contribution in [1.82, 2.24) is 30.5 Å². The van der Waals surface area contributed by atoms with Gasteiger partial charge in [0.05, 0.1) is 5.52 Å². The Morgan fingerprint density at radius 2 is 2.08 bits per heavy atom. The number of hydrogen-bond donors (Lipinski definition) is 3. The minimum absolute atomic E-state index is 0.441. The number of nitrogens with one attached hydrogen (secondary N) is 3. The fraction of sp³-hybridized carbons (Fsp3) is 0.250. The molecule has 0 aliphatic rings. The van der Waals surface area contributed by atoms with Crippen molar-refractivity contribution in [2.24, 2.45) is 0 Å². The molecule has 0 radical (unpaired) electrons. The second kappa shape index (κ2) is 6.72. The summed E-state index contributed by atoms with van der Waals surface area (Å²) in [6.07, 6.45) is 7.42. The summed E-state index contributed by atoms with van der Waals surface area (Å²) in [5.74, 6) is 0.762. The molecule has 0 saturated carbocycles. The van der Waals surface area contributed by atoms with Crippen molar-refractivity contribution in [3.8, 4) is 22.6 Å². The van der Waals surface area contributed by atoms with Crippen LogP contribution in [0.4, 0.5) is 0 Å². The number of imidazole rings is 1. The number of hydrogen-bond acceptors (Lipinski definition) is 4. The molecular formula is C20H22N6. The predicted molar refractivity (Wildman–Crippen MR) is 104 cm³/mol. The molecular weight excluding hydrogens is 324 g/mol. The average Bonchev–Trinajstić information content (AvgIpc) is 3.29. The van der Waals surface area contributed by atoms with E-state index in [1.807, 2.05) is 12.4 Å². The standard InChI is InChI=1S/C20H22N6/c1-12(2)24-10-15-9-21-11-17(13(15)3)14-4-5-18-16(8-14)19(26-25-18)20-22-6-7-23-20/h4-9,11-12,24H,10H2,1-3H3,(H,22,23)(H,25,26). The van der Waals surface area contributed by atoms with E-state index in [9.17, 15) is 0 Å². The van der Waals surface area contributed by atoms with Crippen LogP contribution in [0.25, 0.3) is 33.5 Å². The zero-order valence-corrected chi connectivity index (χ0v) is 15.2. The first-order valence-corrected chi connectivity index (χ1v) is 8.78. The van der Waals surface area contributed by atoms with Crippen molar-refractivity contribution in [2.45, 2.75) is 33.4 Å². The van der Waals surface area contributed by atoms with Crippen molar-refractivity contribution in [1.29, 1.82) is 0 Å². The van der Waals surface area contributed by atoms with Crippen molar-refractivity contribution in [3.05, 3.63) is 54.1 Å². The summed E-state index contributed by atoms with van der Waals surface area (Å²) in [6.45, 7) is 7.27. The number of rotatable bonds is 5. The van der Waals surface area contributed by atoms with Gasteiger partial charge < -0.3 is 10.3 Å². The third-order valence-electron chi connectivity index (χ3n) is 4.62. The van der Waals surface area contributed by atoms with Gasteiger partial charge in [-0.1, -0.05) is 19.9 Å². The minimum Gasteiger partial charge on any atom is -0.343 e. The summed E-state index contributed by atoms with van der Waals surface area (Å²) in [6, 6.07) is 6.76. The van der Waals surface area contributed by atoms with E-state index in [2.05, 4.69) is 69.4 Å². The van der Waals surface area contributed by atoms with E-state index >= 15 is 0 Å². The number of benzene rings is 1. The van der Waals surface area contributed by atoms with Gasteiger partial charge in [-0.15, -0.1) is 0 Å². The van der Waals surface area contributed by atoms with Crippen LogP contribution < -0.4 is 5.32 Å². The summed E-state index contributed by atoms with van der Waals surface area (Å²) in [4.78, 5) is 11.9. The Morgan fingerprint density at radius 3 is 2.85 bits per heavy atom. The monoisotopic (exact) mass is 346 g/mol. The summed E-state index contributed by atoms with van der Waals surface area (Å²) in [5.41, 5.74) is 6.55. The predicted octanol–water partition coefficient (Wildman–Crippen LogP) is 3.82. The second-order valence-electron chi connectivity index (χ2n) is 6.78. The summed E-state index contributed by atoms with van der Waals surface area (Å²) in [7, 11) is 0. The molecule has 0 aliphatic carbocycles.